The van der Waals surface area contributed by atoms with E-state index in [1.165, 1.54) is 26.4 Å². The van der Waals surface area contributed by atoms with Crippen LogP contribution in [-0.2, 0) is 11.2 Å². The highest BCUT2D eigenvalue weighted by Crippen LogP contribution is 2.36. The number of ether oxygens (including phenoxy) is 2. The molecule has 4 nitrogen and oxygen atoms in total. The average molecular weight is 308 g/mol. The Morgan fingerprint density at radius 1 is 1.43 bits per heavy atom. The van der Waals surface area contributed by atoms with Crippen molar-refractivity contribution < 1.29 is 13.9 Å². The van der Waals surface area contributed by atoms with E-state index in [2.05, 4.69) is 11.6 Å². The van der Waals surface area contributed by atoms with Gasteiger partial charge in [-0.3, -0.25) is 0 Å². The summed E-state index contributed by atoms with van der Waals surface area (Å²) in [5, 5.41) is 0.635. The van der Waals surface area contributed by atoms with E-state index >= 15 is 0 Å². The lowest BCUT2D eigenvalue weighted by Gasteiger charge is -2.23. The number of allylic oxidation sites excluding steroid dienone is 1. The SMILES string of the molecule is C1CC2CC1O2.C=CCc1cc(Cl)cc2nc(OC)oc12. The molecule has 5 heteroatoms. The molecular formula is C16H18ClNO3. The van der Waals surface area contributed by atoms with Crippen molar-refractivity contribution in [1.82, 2.24) is 4.98 Å². The molecule has 3 aliphatic rings. The first kappa shape index (κ1) is 14.4. The van der Waals surface area contributed by atoms with Crippen LogP contribution in [0.15, 0.2) is 29.2 Å². The molecule has 2 aromatic rings. The molecule has 0 amide bonds. The number of hydrogen-bond acceptors (Lipinski definition) is 4. The lowest BCUT2D eigenvalue weighted by molar-refractivity contribution is -0.0647. The van der Waals surface area contributed by atoms with Crippen molar-refractivity contribution in [3.05, 3.63) is 35.4 Å². The van der Waals surface area contributed by atoms with Gasteiger partial charge in [-0.25, -0.2) is 0 Å². The maximum atomic E-state index is 5.96. The summed E-state index contributed by atoms with van der Waals surface area (Å²) in [6.07, 6.45) is 8.15. The molecule has 2 saturated heterocycles. The van der Waals surface area contributed by atoms with Gasteiger partial charge in [-0.05, 0) is 37.8 Å². The molecule has 112 valence electrons. The first-order valence-corrected chi connectivity index (χ1v) is 7.46. The van der Waals surface area contributed by atoms with Gasteiger partial charge in [-0.1, -0.05) is 17.7 Å². The van der Waals surface area contributed by atoms with Crippen LogP contribution in [0.4, 0.5) is 0 Å². The lowest BCUT2D eigenvalue weighted by Crippen LogP contribution is -2.25. The van der Waals surface area contributed by atoms with Gasteiger partial charge in [0.1, 0.15) is 5.52 Å². The average Bonchev–Trinajstić information content (AvgIpc) is 3.13. The van der Waals surface area contributed by atoms with Gasteiger partial charge in [0.15, 0.2) is 5.58 Å². The molecule has 2 unspecified atom stereocenters. The van der Waals surface area contributed by atoms with E-state index in [0.29, 0.717) is 34.8 Å². The third kappa shape index (κ3) is 3.06. The Morgan fingerprint density at radius 2 is 2.14 bits per heavy atom. The summed E-state index contributed by atoms with van der Waals surface area (Å²) < 4.78 is 15.6. The zero-order valence-corrected chi connectivity index (χ0v) is 12.7. The highest BCUT2D eigenvalue weighted by Gasteiger charge is 2.36. The molecule has 0 spiro atoms. The molecule has 2 bridgehead atoms. The summed E-state index contributed by atoms with van der Waals surface area (Å²) in [4.78, 5) is 4.13. The number of fused-ring (bicyclic) bond motifs is 2. The van der Waals surface area contributed by atoms with Crippen LogP contribution in [0, 0.1) is 0 Å². The fourth-order valence-corrected chi connectivity index (χ4v) is 2.97. The van der Waals surface area contributed by atoms with E-state index in [0.717, 1.165) is 5.56 Å². The van der Waals surface area contributed by atoms with Gasteiger partial charge in [-0.2, -0.15) is 4.98 Å². The summed E-state index contributed by atoms with van der Waals surface area (Å²) in [5.74, 6) is 0. The minimum atomic E-state index is 0.248. The number of aromatic nitrogens is 1. The Morgan fingerprint density at radius 3 is 2.67 bits per heavy atom. The van der Waals surface area contributed by atoms with Crippen LogP contribution in [0.25, 0.3) is 11.1 Å². The summed E-state index contributed by atoms with van der Waals surface area (Å²) in [7, 11) is 1.51. The second-order valence-electron chi connectivity index (χ2n) is 5.28. The number of hydrogen-bond donors (Lipinski definition) is 0. The minimum absolute atomic E-state index is 0.248. The molecule has 0 radical (unpaired) electrons. The highest BCUT2D eigenvalue weighted by atomic mass is 35.5. The van der Waals surface area contributed by atoms with Crippen LogP contribution in [-0.4, -0.2) is 24.3 Å². The van der Waals surface area contributed by atoms with Crippen molar-refractivity contribution in [2.24, 2.45) is 0 Å². The Kier molecular flexibility index (Phi) is 4.17. The van der Waals surface area contributed by atoms with Gasteiger partial charge in [-0.15, -0.1) is 6.58 Å². The maximum absolute atomic E-state index is 5.96. The smallest absolute Gasteiger partial charge is 0.394 e. The highest BCUT2D eigenvalue weighted by molar-refractivity contribution is 6.31. The molecule has 1 aliphatic carbocycles. The van der Waals surface area contributed by atoms with E-state index in [1.807, 2.05) is 6.07 Å². The maximum Gasteiger partial charge on any atom is 0.394 e. The van der Waals surface area contributed by atoms with E-state index in [-0.39, 0.29) is 6.08 Å². The quantitative estimate of drug-likeness (QED) is 0.799. The van der Waals surface area contributed by atoms with Gasteiger partial charge in [0.25, 0.3) is 0 Å². The predicted octanol–water partition coefficient (Wildman–Crippen LogP) is 4.16. The van der Waals surface area contributed by atoms with E-state index in [1.54, 1.807) is 12.1 Å². The zero-order valence-electron chi connectivity index (χ0n) is 12.0. The van der Waals surface area contributed by atoms with Crippen molar-refractivity contribution in [3.63, 3.8) is 0 Å². The summed E-state index contributed by atoms with van der Waals surface area (Å²) in [5.41, 5.74) is 2.37. The fraction of sp³-hybridized carbons (Fsp3) is 0.438. The van der Waals surface area contributed by atoms with Crippen LogP contribution < -0.4 is 4.74 Å². The van der Waals surface area contributed by atoms with Crippen LogP contribution in [0.2, 0.25) is 5.02 Å². The second kappa shape index (κ2) is 6.08. The fourth-order valence-electron chi connectivity index (χ4n) is 2.74. The number of nitrogens with zero attached hydrogens (tertiary/aromatic N) is 1. The number of rotatable bonds is 3. The zero-order chi connectivity index (χ0) is 14.8. The van der Waals surface area contributed by atoms with Crippen LogP contribution in [0.1, 0.15) is 24.8 Å². The first-order chi connectivity index (χ1) is 10.2. The van der Waals surface area contributed by atoms with Gasteiger partial charge >= 0.3 is 6.08 Å². The van der Waals surface area contributed by atoms with Crippen LogP contribution in [0.5, 0.6) is 6.08 Å². The normalized spacial score (nSPS) is 22.4. The van der Waals surface area contributed by atoms with Crippen LogP contribution >= 0.6 is 11.6 Å². The Hall–Kier alpha value is -1.52. The largest absolute Gasteiger partial charge is 0.453 e. The van der Waals surface area contributed by atoms with Gasteiger partial charge in [0.2, 0.25) is 0 Å². The molecule has 0 N–H and O–H groups in total. The molecule has 1 aromatic carbocycles. The number of methoxy groups -OCH3 is 1. The topological polar surface area (TPSA) is 44.5 Å². The van der Waals surface area contributed by atoms with E-state index in [9.17, 15) is 0 Å². The molecule has 3 heterocycles. The van der Waals surface area contributed by atoms with Crippen LogP contribution in [0.3, 0.4) is 0 Å². The first-order valence-electron chi connectivity index (χ1n) is 7.09. The standard InChI is InChI=1S/C11H10ClNO2.C5H8O/c1-3-4-7-5-8(12)6-9-10(7)15-11(13-9)14-2;1-2-5-3-4(1)6-5/h3,5-6H,1,4H2,2H3;4-5H,1-3H2. The lowest BCUT2D eigenvalue weighted by atomic mass is 10.1. The molecule has 2 atom stereocenters. The number of benzene rings is 1. The van der Waals surface area contributed by atoms with Crippen molar-refractivity contribution in [3.8, 4) is 6.08 Å². The summed E-state index contributed by atoms with van der Waals surface area (Å²) >= 11 is 5.96. The van der Waals surface area contributed by atoms with E-state index in [4.69, 9.17) is 25.5 Å². The molecule has 2 aliphatic heterocycles. The Labute approximate surface area is 128 Å². The second-order valence-corrected chi connectivity index (χ2v) is 5.72. The molecular weight excluding hydrogens is 290 g/mol. The monoisotopic (exact) mass is 307 g/mol. The van der Waals surface area contributed by atoms with Crippen molar-refractivity contribution in [2.75, 3.05) is 7.11 Å². The molecule has 21 heavy (non-hydrogen) atoms. The van der Waals surface area contributed by atoms with Gasteiger partial charge in [0.05, 0.1) is 19.3 Å². The minimum Gasteiger partial charge on any atom is -0.453 e. The third-order valence-electron chi connectivity index (χ3n) is 3.77. The predicted molar refractivity (Wildman–Crippen MR) is 82.0 cm³/mol. The molecule has 1 aromatic heterocycles. The molecule has 1 saturated carbocycles. The molecule has 3 fully saturated rings. The van der Waals surface area contributed by atoms with E-state index < -0.39 is 0 Å². The van der Waals surface area contributed by atoms with Gasteiger partial charge < -0.3 is 13.9 Å². The molecule has 5 rings (SSSR count). The summed E-state index contributed by atoms with van der Waals surface area (Å²) in [6, 6.07) is 3.59. The third-order valence-corrected chi connectivity index (χ3v) is 3.99. The number of halogens is 1. The Bertz CT molecular complexity index is 633. The Balaban J connectivity index is 0.000000180. The van der Waals surface area contributed by atoms with Crippen molar-refractivity contribution >= 4 is 22.7 Å². The van der Waals surface area contributed by atoms with Crippen molar-refractivity contribution in [2.45, 2.75) is 37.9 Å². The number of oxazole rings is 1. The van der Waals surface area contributed by atoms with Crippen molar-refractivity contribution in [1.29, 1.82) is 0 Å². The van der Waals surface area contributed by atoms with Gasteiger partial charge in [0, 0.05) is 10.6 Å². The summed E-state index contributed by atoms with van der Waals surface area (Å²) in [6.45, 7) is 3.68.